The summed E-state index contributed by atoms with van der Waals surface area (Å²) in [5.41, 5.74) is 1.90. The molecule has 6 heteroatoms. The largest absolute Gasteiger partial charge is 0.463 e. The van der Waals surface area contributed by atoms with Gasteiger partial charge in [-0.1, -0.05) is 35.9 Å². The van der Waals surface area contributed by atoms with E-state index in [1.807, 2.05) is 0 Å². The number of hydrogen-bond acceptors (Lipinski definition) is 4. The van der Waals surface area contributed by atoms with Crippen LogP contribution >= 0.6 is 11.6 Å². The van der Waals surface area contributed by atoms with Crippen LogP contribution in [0, 0.1) is 0 Å². The first kappa shape index (κ1) is 17.9. The van der Waals surface area contributed by atoms with Crippen LogP contribution in [0.4, 0.5) is 0 Å². The van der Waals surface area contributed by atoms with Gasteiger partial charge in [-0.25, -0.2) is 4.79 Å². The number of carbonyl (C=O) groups is 3. The highest BCUT2D eigenvalue weighted by Crippen LogP contribution is 2.26. The summed E-state index contributed by atoms with van der Waals surface area (Å²) >= 11 is 5.92. The van der Waals surface area contributed by atoms with Crippen LogP contribution in [-0.4, -0.2) is 35.8 Å². The molecule has 26 heavy (non-hydrogen) atoms. The average Bonchev–Trinajstić information content (AvgIpc) is 2.87. The smallest absolute Gasteiger partial charge is 0.331 e. The summed E-state index contributed by atoms with van der Waals surface area (Å²) in [6.45, 7) is 1.90. The van der Waals surface area contributed by atoms with Gasteiger partial charge in [-0.05, 0) is 42.3 Å². The van der Waals surface area contributed by atoms with Gasteiger partial charge in [0.15, 0.2) is 0 Å². The van der Waals surface area contributed by atoms with Crippen molar-refractivity contribution in [2.24, 2.45) is 0 Å². The van der Waals surface area contributed by atoms with Crippen molar-refractivity contribution in [3.05, 3.63) is 76.3 Å². The first-order chi connectivity index (χ1) is 12.5. The van der Waals surface area contributed by atoms with Crippen molar-refractivity contribution in [3.63, 3.8) is 0 Å². The van der Waals surface area contributed by atoms with Crippen LogP contribution in [0.5, 0.6) is 0 Å². The van der Waals surface area contributed by atoms with E-state index in [-0.39, 0.29) is 25.0 Å². The van der Waals surface area contributed by atoms with Crippen LogP contribution < -0.4 is 0 Å². The Morgan fingerprint density at radius 3 is 2.15 bits per heavy atom. The lowest BCUT2D eigenvalue weighted by Crippen LogP contribution is -2.31. The van der Waals surface area contributed by atoms with Gasteiger partial charge < -0.3 is 4.74 Å². The molecule has 1 aliphatic heterocycles. The van der Waals surface area contributed by atoms with Crippen LogP contribution in [-0.2, 0) is 9.53 Å². The molecule has 3 rings (SSSR count). The summed E-state index contributed by atoms with van der Waals surface area (Å²) < 4.78 is 4.97. The fraction of sp³-hybridized carbons (Fsp3) is 0.150. The molecule has 0 radical (unpaired) electrons. The van der Waals surface area contributed by atoms with Crippen LogP contribution in [0.1, 0.15) is 33.2 Å². The lowest BCUT2D eigenvalue weighted by molar-refractivity contribution is -0.137. The minimum Gasteiger partial charge on any atom is -0.463 e. The number of imide groups is 1. The van der Waals surface area contributed by atoms with E-state index in [0.29, 0.717) is 27.3 Å². The second kappa shape index (κ2) is 7.54. The van der Waals surface area contributed by atoms with Crippen molar-refractivity contribution in [3.8, 4) is 0 Å². The molecule has 132 valence electrons. The number of rotatable bonds is 5. The van der Waals surface area contributed by atoms with E-state index >= 15 is 0 Å². The number of amides is 2. The van der Waals surface area contributed by atoms with Crippen molar-refractivity contribution in [2.45, 2.75) is 6.92 Å². The molecule has 0 spiro atoms. The highest BCUT2D eigenvalue weighted by atomic mass is 35.5. The molecule has 0 saturated heterocycles. The number of fused-ring (bicyclic) bond motifs is 1. The summed E-state index contributed by atoms with van der Waals surface area (Å²) in [5, 5.41) is 0.546. The Morgan fingerprint density at radius 2 is 1.62 bits per heavy atom. The Morgan fingerprint density at radius 1 is 1.04 bits per heavy atom. The molecule has 0 aromatic heterocycles. The van der Waals surface area contributed by atoms with E-state index < -0.39 is 5.97 Å². The fourth-order valence-corrected chi connectivity index (χ4v) is 2.89. The van der Waals surface area contributed by atoms with Gasteiger partial charge in [-0.15, -0.1) is 0 Å². The highest BCUT2D eigenvalue weighted by molar-refractivity contribution is 6.30. The van der Waals surface area contributed by atoms with Crippen molar-refractivity contribution >= 4 is 35.0 Å². The molecule has 0 fully saturated rings. The summed E-state index contributed by atoms with van der Waals surface area (Å²) in [7, 11) is 0. The maximum Gasteiger partial charge on any atom is 0.331 e. The van der Waals surface area contributed by atoms with Gasteiger partial charge in [0, 0.05) is 11.1 Å². The second-order valence-corrected chi connectivity index (χ2v) is 6.11. The molecule has 0 unspecified atom stereocenters. The van der Waals surface area contributed by atoms with Crippen molar-refractivity contribution < 1.29 is 19.1 Å². The fourth-order valence-electron chi connectivity index (χ4n) is 2.76. The van der Waals surface area contributed by atoms with Crippen LogP contribution in [0.15, 0.2) is 54.6 Å². The van der Waals surface area contributed by atoms with E-state index in [9.17, 15) is 14.4 Å². The Labute approximate surface area is 155 Å². The maximum absolute atomic E-state index is 12.6. The predicted molar refractivity (Wildman–Crippen MR) is 97.9 cm³/mol. The third-order valence-corrected chi connectivity index (χ3v) is 4.25. The Kier molecular flexibility index (Phi) is 5.19. The molecule has 0 N–H and O–H groups in total. The van der Waals surface area contributed by atoms with Crippen LogP contribution in [0.2, 0.25) is 5.02 Å². The van der Waals surface area contributed by atoms with E-state index in [1.165, 1.54) is 6.08 Å². The van der Waals surface area contributed by atoms with Gasteiger partial charge >= 0.3 is 5.97 Å². The minimum absolute atomic E-state index is 0.0349. The average molecular weight is 370 g/mol. The molecule has 2 aromatic rings. The number of nitrogens with zero attached hydrogens (tertiary/aromatic N) is 1. The molecule has 1 aliphatic rings. The maximum atomic E-state index is 12.6. The number of benzene rings is 2. The molecule has 0 aliphatic carbocycles. The normalized spacial score (nSPS) is 13.8. The lowest BCUT2D eigenvalue weighted by Gasteiger charge is -2.17. The number of carbonyl (C=O) groups excluding carboxylic acids is 3. The first-order valence-corrected chi connectivity index (χ1v) is 8.47. The van der Waals surface area contributed by atoms with Gasteiger partial charge in [-0.2, -0.15) is 0 Å². The van der Waals surface area contributed by atoms with E-state index in [1.54, 1.807) is 55.5 Å². The lowest BCUT2D eigenvalue weighted by atomic mass is 10.0. The molecule has 0 bridgehead atoms. The zero-order valence-corrected chi connectivity index (χ0v) is 14.8. The Bertz CT molecular complexity index is 867. The van der Waals surface area contributed by atoms with E-state index in [4.69, 9.17) is 16.3 Å². The molecule has 0 saturated carbocycles. The van der Waals surface area contributed by atoms with Gasteiger partial charge in [0.05, 0.1) is 24.3 Å². The summed E-state index contributed by atoms with van der Waals surface area (Å²) in [4.78, 5) is 38.2. The first-order valence-electron chi connectivity index (χ1n) is 8.09. The second-order valence-electron chi connectivity index (χ2n) is 5.67. The van der Waals surface area contributed by atoms with Crippen LogP contribution in [0.25, 0.3) is 5.57 Å². The Hall–Kier alpha value is -2.92. The molecular weight excluding hydrogens is 354 g/mol. The molecule has 1 heterocycles. The van der Waals surface area contributed by atoms with Crippen molar-refractivity contribution in [1.29, 1.82) is 0 Å². The summed E-state index contributed by atoms with van der Waals surface area (Å²) in [5.74, 6) is -1.29. The molecule has 2 aromatic carbocycles. The quantitative estimate of drug-likeness (QED) is 0.459. The monoisotopic (exact) mass is 369 g/mol. The van der Waals surface area contributed by atoms with Crippen molar-refractivity contribution in [2.75, 3.05) is 13.2 Å². The van der Waals surface area contributed by atoms with Gasteiger partial charge in [0.2, 0.25) is 0 Å². The van der Waals surface area contributed by atoms with Gasteiger partial charge in [-0.3, -0.25) is 14.5 Å². The van der Waals surface area contributed by atoms with E-state index in [0.717, 1.165) is 4.90 Å². The standard InChI is InChI=1S/C20H16ClNO4/c1-2-26-18(23)11-14(13-7-9-15(21)10-8-13)12-22-19(24)16-5-3-4-6-17(16)20(22)25/h3-11H,2,12H2,1H3/b14-11+. The van der Waals surface area contributed by atoms with Crippen LogP contribution in [0.3, 0.4) is 0 Å². The van der Waals surface area contributed by atoms with Gasteiger partial charge in [0.25, 0.3) is 11.8 Å². The third kappa shape index (κ3) is 3.53. The molecule has 5 nitrogen and oxygen atoms in total. The highest BCUT2D eigenvalue weighted by Gasteiger charge is 2.35. The van der Waals surface area contributed by atoms with E-state index in [2.05, 4.69) is 0 Å². The zero-order chi connectivity index (χ0) is 18.7. The minimum atomic E-state index is -0.533. The Balaban J connectivity index is 1.94. The van der Waals surface area contributed by atoms with Gasteiger partial charge in [0.1, 0.15) is 0 Å². The summed E-state index contributed by atoms with van der Waals surface area (Å²) in [6.07, 6.45) is 1.30. The SMILES string of the molecule is CCOC(=O)/C=C(\CN1C(=O)c2ccccc2C1=O)c1ccc(Cl)cc1. The summed E-state index contributed by atoms with van der Waals surface area (Å²) in [6, 6.07) is 13.5. The number of esters is 1. The third-order valence-electron chi connectivity index (χ3n) is 4.00. The zero-order valence-electron chi connectivity index (χ0n) is 14.1. The number of halogens is 1. The molecule has 2 amide bonds. The topological polar surface area (TPSA) is 63.7 Å². The molecule has 0 atom stereocenters. The predicted octanol–water partition coefficient (Wildman–Crippen LogP) is 3.58. The van der Waals surface area contributed by atoms with Crippen molar-refractivity contribution in [1.82, 2.24) is 4.90 Å². The number of ether oxygens (including phenoxy) is 1. The number of hydrogen-bond donors (Lipinski definition) is 0. The molecular formula is C20H16ClNO4.